The first-order chi connectivity index (χ1) is 22.2. The van der Waals surface area contributed by atoms with E-state index in [0.717, 1.165) is 20.9 Å². The van der Waals surface area contributed by atoms with Crippen LogP contribution in [0.3, 0.4) is 0 Å². The number of amides is 4. The Morgan fingerprint density at radius 2 is 1.89 bits per heavy atom. The number of rotatable bonds is 10. The van der Waals surface area contributed by atoms with Crippen LogP contribution in [-0.4, -0.2) is 40.3 Å². The molecule has 4 aromatic rings. The molecule has 1 atom stereocenters. The van der Waals surface area contributed by atoms with Crippen molar-refractivity contribution in [1.29, 1.82) is 5.26 Å². The van der Waals surface area contributed by atoms with Crippen molar-refractivity contribution >= 4 is 74.8 Å². The van der Waals surface area contributed by atoms with E-state index in [1.54, 1.807) is 53.4 Å². The maximum Gasteiger partial charge on any atom is 0.272 e. The number of carbonyl (C=O) groups is 4. The molecule has 0 saturated carbocycles. The van der Waals surface area contributed by atoms with Crippen LogP contribution in [0.4, 0.5) is 10.7 Å². The summed E-state index contributed by atoms with van der Waals surface area (Å²) in [6.07, 6.45) is 2.73. The fourth-order valence-electron chi connectivity index (χ4n) is 4.87. The molecule has 0 bridgehead atoms. The molecule has 9 nitrogen and oxygen atoms in total. The van der Waals surface area contributed by atoms with Crippen LogP contribution in [0, 0.1) is 11.3 Å². The fourth-order valence-corrected chi connectivity index (χ4v) is 7.72. The van der Waals surface area contributed by atoms with E-state index >= 15 is 0 Å². The van der Waals surface area contributed by atoms with Crippen LogP contribution in [0.2, 0.25) is 0 Å². The molecule has 4 amide bonds. The van der Waals surface area contributed by atoms with Gasteiger partial charge in [-0.3, -0.25) is 19.2 Å². The Bertz CT molecular complexity index is 1830. The van der Waals surface area contributed by atoms with Gasteiger partial charge in [0.05, 0.1) is 17.4 Å². The minimum absolute atomic E-state index is 0.0179. The van der Waals surface area contributed by atoms with Crippen molar-refractivity contribution < 1.29 is 19.2 Å². The second-order valence-corrected chi connectivity index (χ2v) is 13.6. The Hall–Kier alpha value is -4.70. The maximum absolute atomic E-state index is 13.4. The van der Waals surface area contributed by atoms with Gasteiger partial charge in [-0.05, 0) is 77.2 Å². The number of hydrogen-bond donors (Lipinski definition) is 3. The summed E-state index contributed by atoms with van der Waals surface area (Å²) in [5, 5.41) is 22.2. The topological polar surface area (TPSA) is 131 Å². The Morgan fingerprint density at radius 3 is 2.59 bits per heavy atom. The number of hydrogen-bond acceptors (Lipinski definition) is 8. The molecule has 1 aliphatic rings. The van der Waals surface area contributed by atoms with Gasteiger partial charge in [-0.25, -0.2) is 0 Å². The van der Waals surface area contributed by atoms with E-state index in [4.69, 9.17) is 0 Å². The highest BCUT2D eigenvalue weighted by atomic mass is 32.2. The van der Waals surface area contributed by atoms with E-state index in [0.29, 0.717) is 47.7 Å². The maximum atomic E-state index is 13.4. The number of benzene rings is 2. The third-order valence-corrected chi connectivity index (χ3v) is 10.5. The van der Waals surface area contributed by atoms with E-state index in [1.807, 2.05) is 35.9 Å². The van der Waals surface area contributed by atoms with Crippen molar-refractivity contribution in [3.05, 3.63) is 104 Å². The third kappa shape index (κ3) is 7.92. The first-order valence-electron chi connectivity index (χ1n) is 14.5. The van der Waals surface area contributed by atoms with Gasteiger partial charge in [0.15, 0.2) is 0 Å². The van der Waals surface area contributed by atoms with Gasteiger partial charge >= 0.3 is 0 Å². The highest BCUT2D eigenvalue weighted by Crippen LogP contribution is 2.37. The molecule has 46 heavy (non-hydrogen) atoms. The monoisotopic (exact) mass is 669 g/mol. The predicted octanol–water partition coefficient (Wildman–Crippen LogP) is 6.50. The standard InChI is InChI=1S/C34H31N5O4S3/c1-3-29(33(43)38-34-27(18-35)26-12-14-39(21(2)40)19-30(26)46-34)45-25-11-7-10-24(17-25)36-32(42)28(16-22-13-15-44-20-22)37-31(41)23-8-5-4-6-9-23/h4-11,13,15-17,20,29H,3,12,14,19H2,1-2H3,(H,36,42)(H,37,41)(H,38,43)/b28-16-. The molecule has 234 valence electrons. The second-order valence-electron chi connectivity index (χ2n) is 10.4. The largest absolute Gasteiger partial charge is 0.337 e. The molecule has 2 aromatic carbocycles. The molecular weight excluding hydrogens is 639 g/mol. The molecule has 3 N–H and O–H groups in total. The van der Waals surface area contributed by atoms with Crippen molar-refractivity contribution in [2.24, 2.45) is 0 Å². The number of nitrogens with one attached hydrogen (secondary N) is 3. The number of nitriles is 1. The number of fused-ring (bicyclic) bond motifs is 1. The lowest BCUT2D eigenvalue weighted by Gasteiger charge is -2.25. The summed E-state index contributed by atoms with van der Waals surface area (Å²) in [4.78, 5) is 55.0. The molecule has 0 fully saturated rings. The van der Waals surface area contributed by atoms with Gasteiger partial charge in [0.2, 0.25) is 11.8 Å². The molecule has 12 heteroatoms. The first kappa shape index (κ1) is 32.7. The average molecular weight is 670 g/mol. The number of nitrogens with zero attached hydrogens (tertiary/aromatic N) is 2. The minimum Gasteiger partial charge on any atom is -0.337 e. The average Bonchev–Trinajstić information content (AvgIpc) is 3.70. The molecule has 1 unspecified atom stereocenters. The minimum atomic E-state index is -0.489. The van der Waals surface area contributed by atoms with Crippen molar-refractivity contribution in [1.82, 2.24) is 10.2 Å². The van der Waals surface area contributed by atoms with Crippen LogP contribution in [-0.2, 0) is 27.3 Å². The van der Waals surface area contributed by atoms with Gasteiger partial charge in [0.25, 0.3) is 11.8 Å². The quantitative estimate of drug-likeness (QED) is 0.130. The summed E-state index contributed by atoms with van der Waals surface area (Å²) >= 11 is 4.18. The number of carbonyl (C=O) groups excluding carboxylic acids is 4. The Morgan fingerprint density at radius 1 is 1.09 bits per heavy atom. The van der Waals surface area contributed by atoms with E-state index < -0.39 is 17.1 Å². The number of thiophene rings is 2. The highest BCUT2D eigenvalue weighted by Gasteiger charge is 2.28. The zero-order valence-electron chi connectivity index (χ0n) is 25.2. The van der Waals surface area contributed by atoms with Crippen LogP contribution in [0.5, 0.6) is 0 Å². The van der Waals surface area contributed by atoms with Crippen molar-refractivity contribution in [2.75, 3.05) is 17.2 Å². The lowest BCUT2D eigenvalue weighted by Crippen LogP contribution is -2.33. The Balaban J connectivity index is 1.28. The Labute approximate surface area is 279 Å². The first-order valence-corrected chi connectivity index (χ1v) is 17.2. The van der Waals surface area contributed by atoms with E-state index in [-0.39, 0.29) is 17.5 Å². The zero-order valence-corrected chi connectivity index (χ0v) is 27.6. The van der Waals surface area contributed by atoms with Gasteiger partial charge in [-0.2, -0.15) is 16.6 Å². The predicted molar refractivity (Wildman–Crippen MR) is 184 cm³/mol. The summed E-state index contributed by atoms with van der Waals surface area (Å²) in [5.74, 6) is -1.14. The molecule has 0 radical (unpaired) electrons. The van der Waals surface area contributed by atoms with Gasteiger partial charge < -0.3 is 20.9 Å². The summed E-state index contributed by atoms with van der Waals surface area (Å²) < 4.78 is 0. The van der Waals surface area contributed by atoms with Crippen molar-refractivity contribution in [3.63, 3.8) is 0 Å². The van der Waals surface area contributed by atoms with Crippen LogP contribution in [0.15, 0.2) is 82.0 Å². The smallest absolute Gasteiger partial charge is 0.272 e. The van der Waals surface area contributed by atoms with Gasteiger partial charge in [0, 0.05) is 34.5 Å². The summed E-state index contributed by atoms with van der Waals surface area (Å²) in [5.41, 5.74) is 3.17. The summed E-state index contributed by atoms with van der Waals surface area (Å²) in [6, 6.07) is 19.9. The molecule has 0 aliphatic carbocycles. The molecule has 1 aliphatic heterocycles. The molecular formula is C34H31N5O4S3. The highest BCUT2D eigenvalue weighted by molar-refractivity contribution is 8.00. The SMILES string of the molecule is CCC(Sc1cccc(NC(=O)/C(=C/c2ccsc2)NC(=O)c2ccccc2)c1)C(=O)Nc1sc2c(c1C#N)CCN(C(C)=O)C2. The molecule has 2 aromatic heterocycles. The molecule has 0 spiro atoms. The second kappa shape index (κ2) is 15.1. The lowest BCUT2D eigenvalue weighted by atomic mass is 10.0. The number of anilines is 2. The van der Waals surface area contributed by atoms with Crippen LogP contribution >= 0.6 is 34.4 Å². The zero-order chi connectivity index (χ0) is 32.6. The molecule has 5 rings (SSSR count). The Kier molecular flexibility index (Phi) is 10.7. The van der Waals surface area contributed by atoms with E-state index in [2.05, 4.69) is 22.0 Å². The van der Waals surface area contributed by atoms with Crippen molar-refractivity contribution in [2.45, 2.75) is 43.4 Å². The summed E-state index contributed by atoms with van der Waals surface area (Å²) in [7, 11) is 0. The van der Waals surface area contributed by atoms with Gasteiger partial charge in [-0.15, -0.1) is 23.1 Å². The fraction of sp³-hybridized carbons (Fsp3) is 0.206. The van der Waals surface area contributed by atoms with Crippen LogP contribution < -0.4 is 16.0 Å². The van der Waals surface area contributed by atoms with Crippen molar-refractivity contribution in [3.8, 4) is 6.07 Å². The normalized spacial score (nSPS) is 13.2. The molecule has 3 heterocycles. The van der Waals surface area contributed by atoms with E-state index in [1.165, 1.54) is 41.4 Å². The van der Waals surface area contributed by atoms with Gasteiger partial charge in [-0.1, -0.05) is 31.2 Å². The van der Waals surface area contributed by atoms with E-state index in [9.17, 15) is 24.4 Å². The third-order valence-electron chi connectivity index (χ3n) is 7.27. The number of thioether (sulfide) groups is 1. The molecule has 0 saturated heterocycles. The van der Waals surface area contributed by atoms with Crippen LogP contribution in [0.1, 0.15) is 52.2 Å². The van der Waals surface area contributed by atoms with Gasteiger partial charge in [0.1, 0.15) is 16.8 Å². The lowest BCUT2D eigenvalue weighted by molar-refractivity contribution is -0.129. The van der Waals surface area contributed by atoms with Crippen LogP contribution in [0.25, 0.3) is 6.08 Å². The summed E-state index contributed by atoms with van der Waals surface area (Å²) in [6.45, 7) is 4.42.